The molecule has 34 heavy (non-hydrogen) atoms. The van der Waals surface area contributed by atoms with Gasteiger partial charge in [0.25, 0.3) is 11.8 Å². The van der Waals surface area contributed by atoms with Crippen molar-refractivity contribution in [3.8, 4) is 0 Å². The van der Waals surface area contributed by atoms with Crippen molar-refractivity contribution in [2.24, 2.45) is 0 Å². The Balaban J connectivity index is 1.53. The summed E-state index contributed by atoms with van der Waals surface area (Å²) in [5, 5.41) is 6.01. The van der Waals surface area contributed by atoms with E-state index in [9.17, 15) is 14.4 Å². The number of hydrogen-bond donors (Lipinski definition) is 2. The Morgan fingerprint density at radius 1 is 0.824 bits per heavy atom. The Kier molecular flexibility index (Phi) is 7.64. The molecule has 2 aliphatic rings. The second-order valence-electron chi connectivity index (χ2n) is 8.39. The van der Waals surface area contributed by atoms with E-state index in [4.69, 9.17) is 4.74 Å². The van der Waals surface area contributed by atoms with Crippen LogP contribution in [0.15, 0.2) is 48.5 Å². The van der Waals surface area contributed by atoms with Gasteiger partial charge in [0, 0.05) is 63.5 Å². The van der Waals surface area contributed by atoms with Crippen molar-refractivity contribution in [3.05, 3.63) is 59.7 Å². The normalized spacial score (nSPS) is 16.6. The largest absolute Gasteiger partial charge is 0.453 e. The third-order valence-electron chi connectivity index (χ3n) is 6.21. The molecular weight excluding hydrogens is 434 g/mol. The molecular formula is C25H31N5O4. The molecule has 9 nitrogen and oxygen atoms in total. The van der Waals surface area contributed by atoms with E-state index in [1.807, 2.05) is 46.2 Å². The molecule has 2 aliphatic heterocycles. The fraction of sp³-hybridized carbons (Fsp3) is 0.400. The van der Waals surface area contributed by atoms with E-state index in [-0.39, 0.29) is 11.8 Å². The molecule has 0 atom stereocenters. The molecule has 4 rings (SSSR count). The van der Waals surface area contributed by atoms with Gasteiger partial charge in [0.15, 0.2) is 0 Å². The summed E-state index contributed by atoms with van der Waals surface area (Å²) in [5.41, 5.74) is 2.53. The number of nitrogens with one attached hydrogen (secondary N) is 2. The molecule has 0 spiro atoms. The molecule has 3 amide bonds. The van der Waals surface area contributed by atoms with Gasteiger partial charge in [0.1, 0.15) is 0 Å². The number of nitrogens with zero attached hydrogens (tertiary/aromatic N) is 3. The Hall–Kier alpha value is -3.59. The lowest BCUT2D eigenvalue weighted by Gasteiger charge is -2.29. The van der Waals surface area contributed by atoms with Crippen LogP contribution in [0.5, 0.6) is 0 Å². The van der Waals surface area contributed by atoms with Crippen molar-refractivity contribution in [1.29, 1.82) is 0 Å². The molecule has 180 valence electrons. The van der Waals surface area contributed by atoms with Crippen molar-refractivity contribution in [2.45, 2.75) is 6.42 Å². The van der Waals surface area contributed by atoms with E-state index in [0.29, 0.717) is 49.5 Å². The van der Waals surface area contributed by atoms with Gasteiger partial charge in [-0.1, -0.05) is 18.2 Å². The molecule has 0 aliphatic carbocycles. The first kappa shape index (κ1) is 23.6. The van der Waals surface area contributed by atoms with Crippen LogP contribution in [0.4, 0.5) is 16.2 Å². The number of ether oxygens (including phenoxy) is 1. The summed E-state index contributed by atoms with van der Waals surface area (Å²) in [7, 11) is 1.31. The van der Waals surface area contributed by atoms with Gasteiger partial charge in [0.2, 0.25) is 0 Å². The average Bonchev–Trinajstić information content (AvgIpc) is 3.15. The smallest absolute Gasteiger partial charge is 0.411 e. The number of piperazine rings is 1. The minimum atomic E-state index is -0.594. The Morgan fingerprint density at radius 2 is 1.53 bits per heavy atom. The molecule has 2 aromatic rings. The highest BCUT2D eigenvalue weighted by Gasteiger charge is 2.24. The summed E-state index contributed by atoms with van der Waals surface area (Å²) in [6.45, 7) is 5.39. The van der Waals surface area contributed by atoms with Crippen LogP contribution in [0.3, 0.4) is 0 Å². The second-order valence-corrected chi connectivity index (χ2v) is 8.39. The van der Waals surface area contributed by atoms with Gasteiger partial charge in [-0.2, -0.15) is 0 Å². The van der Waals surface area contributed by atoms with Crippen LogP contribution in [0.2, 0.25) is 0 Å². The molecule has 0 radical (unpaired) electrons. The summed E-state index contributed by atoms with van der Waals surface area (Å²) in [5.74, 6) is -0.0382. The Bertz CT molecular complexity index is 1020. The minimum Gasteiger partial charge on any atom is -0.453 e. The third-order valence-corrected chi connectivity index (χ3v) is 6.21. The molecule has 2 fully saturated rings. The zero-order valence-corrected chi connectivity index (χ0v) is 19.5. The summed E-state index contributed by atoms with van der Waals surface area (Å²) in [6.07, 6.45) is 0.196. The van der Waals surface area contributed by atoms with Crippen LogP contribution >= 0.6 is 0 Å². The summed E-state index contributed by atoms with van der Waals surface area (Å²) < 4.78 is 4.81. The van der Waals surface area contributed by atoms with Crippen LogP contribution in [0.1, 0.15) is 27.1 Å². The number of rotatable bonds is 4. The molecule has 0 unspecified atom stereocenters. The second kappa shape index (κ2) is 11.0. The molecule has 2 aromatic carbocycles. The number of amides is 3. The monoisotopic (exact) mass is 465 g/mol. The minimum absolute atomic E-state index is 0.0207. The fourth-order valence-electron chi connectivity index (χ4n) is 4.38. The van der Waals surface area contributed by atoms with Crippen LogP contribution < -0.4 is 15.5 Å². The predicted octanol–water partition coefficient (Wildman–Crippen LogP) is 2.26. The van der Waals surface area contributed by atoms with Crippen LogP contribution in [0, 0.1) is 0 Å². The van der Waals surface area contributed by atoms with Crippen LogP contribution in [0.25, 0.3) is 0 Å². The third kappa shape index (κ3) is 5.48. The zero-order valence-electron chi connectivity index (χ0n) is 19.5. The molecule has 0 aromatic heterocycles. The van der Waals surface area contributed by atoms with Crippen molar-refractivity contribution in [1.82, 2.24) is 15.1 Å². The number of hydrogen-bond acceptors (Lipinski definition) is 6. The van der Waals surface area contributed by atoms with E-state index < -0.39 is 6.09 Å². The first-order valence-electron chi connectivity index (χ1n) is 11.6. The number of benzene rings is 2. The summed E-state index contributed by atoms with van der Waals surface area (Å²) in [4.78, 5) is 43.8. The Morgan fingerprint density at radius 3 is 2.26 bits per heavy atom. The standard InChI is InChI=1S/C25H31N5O4/c1-34-25(33)27-21-18-20(24(32)30-14-10-26-11-15-30)8-9-22(21)28-12-5-13-29(17-16-28)23(31)19-6-3-2-4-7-19/h2-4,6-9,18,26H,5,10-17H2,1H3,(H,27,33). The van der Waals surface area contributed by atoms with E-state index >= 15 is 0 Å². The van der Waals surface area contributed by atoms with E-state index in [1.54, 1.807) is 12.1 Å². The van der Waals surface area contributed by atoms with E-state index in [0.717, 1.165) is 31.7 Å². The molecule has 0 saturated carbocycles. The van der Waals surface area contributed by atoms with Gasteiger partial charge in [-0.05, 0) is 36.8 Å². The Labute approximate surface area is 199 Å². The van der Waals surface area contributed by atoms with Crippen molar-refractivity contribution in [2.75, 3.05) is 69.7 Å². The van der Waals surface area contributed by atoms with Gasteiger partial charge in [0.05, 0.1) is 18.5 Å². The summed E-state index contributed by atoms with van der Waals surface area (Å²) in [6, 6.07) is 14.7. The van der Waals surface area contributed by atoms with Crippen molar-refractivity contribution in [3.63, 3.8) is 0 Å². The van der Waals surface area contributed by atoms with Gasteiger partial charge in [-0.15, -0.1) is 0 Å². The quantitative estimate of drug-likeness (QED) is 0.720. The first-order valence-corrected chi connectivity index (χ1v) is 11.6. The topological polar surface area (TPSA) is 94.2 Å². The van der Waals surface area contributed by atoms with Crippen LogP contribution in [-0.2, 0) is 4.74 Å². The predicted molar refractivity (Wildman–Crippen MR) is 130 cm³/mol. The average molecular weight is 466 g/mol. The molecule has 0 bridgehead atoms. The van der Waals surface area contributed by atoms with Gasteiger partial charge < -0.3 is 24.8 Å². The molecule has 2 heterocycles. The lowest BCUT2D eigenvalue weighted by Crippen LogP contribution is -2.46. The maximum absolute atomic E-state index is 13.0. The van der Waals surface area contributed by atoms with Crippen molar-refractivity contribution >= 4 is 29.3 Å². The lowest BCUT2D eigenvalue weighted by molar-refractivity contribution is 0.0734. The highest BCUT2D eigenvalue weighted by atomic mass is 16.5. The van der Waals surface area contributed by atoms with Gasteiger partial charge >= 0.3 is 6.09 Å². The molecule has 2 saturated heterocycles. The van der Waals surface area contributed by atoms with Crippen LogP contribution in [-0.4, -0.2) is 87.2 Å². The number of carbonyl (C=O) groups is 3. The van der Waals surface area contributed by atoms with E-state index in [2.05, 4.69) is 15.5 Å². The SMILES string of the molecule is COC(=O)Nc1cc(C(=O)N2CCNCC2)ccc1N1CCCN(C(=O)c2ccccc2)CC1. The first-order chi connectivity index (χ1) is 16.6. The number of anilines is 2. The van der Waals surface area contributed by atoms with Gasteiger partial charge in [-0.25, -0.2) is 4.79 Å². The maximum atomic E-state index is 13.0. The van der Waals surface area contributed by atoms with Gasteiger partial charge in [-0.3, -0.25) is 14.9 Å². The highest BCUT2D eigenvalue weighted by Crippen LogP contribution is 2.29. The summed E-state index contributed by atoms with van der Waals surface area (Å²) >= 11 is 0. The number of methoxy groups -OCH3 is 1. The fourth-order valence-corrected chi connectivity index (χ4v) is 4.38. The van der Waals surface area contributed by atoms with Crippen molar-refractivity contribution < 1.29 is 19.1 Å². The molecule has 2 N–H and O–H groups in total. The highest BCUT2D eigenvalue weighted by molar-refractivity contribution is 5.99. The lowest BCUT2D eigenvalue weighted by atomic mass is 10.1. The zero-order chi connectivity index (χ0) is 23.9. The number of carbonyl (C=O) groups excluding carboxylic acids is 3. The van der Waals surface area contributed by atoms with E-state index in [1.165, 1.54) is 7.11 Å². The molecule has 9 heteroatoms. The maximum Gasteiger partial charge on any atom is 0.411 e.